The number of aliphatic carboxylic acids is 1. The third-order valence-corrected chi connectivity index (χ3v) is 4.92. The molecule has 0 aliphatic carbocycles. The molecule has 0 aliphatic heterocycles. The Labute approximate surface area is 130 Å². The van der Waals surface area contributed by atoms with Crippen molar-refractivity contribution in [2.45, 2.75) is 37.5 Å². The fourth-order valence-corrected chi connectivity index (χ4v) is 2.81. The van der Waals surface area contributed by atoms with Gasteiger partial charge in [-0.2, -0.15) is 0 Å². The molecule has 0 bridgehead atoms. The summed E-state index contributed by atoms with van der Waals surface area (Å²) in [5.41, 5.74) is 0.306. The summed E-state index contributed by atoms with van der Waals surface area (Å²) in [4.78, 5) is 22.4. The van der Waals surface area contributed by atoms with Crippen LogP contribution in [0.5, 0.6) is 0 Å². The Kier molecular flexibility index (Phi) is 7.04. The van der Waals surface area contributed by atoms with Crippen LogP contribution in [0.4, 0.5) is 0 Å². The first-order valence-electron chi connectivity index (χ1n) is 7.19. The second kappa shape index (κ2) is 8.53. The monoisotopic (exact) mass is 327 g/mol. The molecule has 2 N–H and O–H groups in total. The summed E-state index contributed by atoms with van der Waals surface area (Å²) in [5, 5.41) is 11.2. The Morgan fingerprint density at radius 1 is 1.18 bits per heavy atom. The number of nitrogens with one attached hydrogen (secondary N) is 1. The van der Waals surface area contributed by atoms with Crippen LogP contribution in [0.1, 0.15) is 43.0 Å². The Bertz CT molecular complexity index is 625. The molecular weight excluding hydrogens is 306 g/mol. The van der Waals surface area contributed by atoms with E-state index in [2.05, 4.69) is 5.32 Å². The van der Waals surface area contributed by atoms with Crippen LogP contribution in [0.3, 0.4) is 0 Å². The quantitative estimate of drug-likeness (QED) is 0.674. The number of carbonyl (C=O) groups excluding carboxylic acids is 1. The predicted molar refractivity (Wildman–Crippen MR) is 82.6 cm³/mol. The van der Waals surface area contributed by atoms with E-state index >= 15 is 0 Å². The molecule has 0 saturated heterocycles. The van der Waals surface area contributed by atoms with Crippen LogP contribution in [0.2, 0.25) is 0 Å². The number of rotatable bonds is 9. The van der Waals surface area contributed by atoms with Gasteiger partial charge in [0.25, 0.3) is 5.91 Å². The molecule has 0 radical (unpaired) electrons. The van der Waals surface area contributed by atoms with Gasteiger partial charge in [0.15, 0.2) is 9.84 Å². The average Bonchev–Trinajstić information content (AvgIpc) is 2.50. The van der Waals surface area contributed by atoms with Crippen LogP contribution in [-0.4, -0.2) is 37.7 Å². The standard InChI is InChI=1S/C15H21NO5S/c1-2-22(20,21)13-8-6-7-12(11-13)15(19)16-10-5-3-4-9-14(17)18/h6-8,11H,2-5,9-10H2,1H3,(H,16,19)(H,17,18). The van der Waals surface area contributed by atoms with Gasteiger partial charge >= 0.3 is 5.97 Å². The van der Waals surface area contributed by atoms with E-state index in [0.29, 0.717) is 24.9 Å². The van der Waals surface area contributed by atoms with Crippen molar-refractivity contribution in [3.05, 3.63) is 29.8 Å². The normalized spacial score (nSPS) is 11.1. The molecule has 1 rings (SSSR count). The van der Waals surface area contributed by atoms with Crippen molar-refractivity contribution >= 4 is 21.7 Å². The molecule has 1 aromatic carbocycles. The molecule has 0 atom stereocenters. The molecule has 1 aromatic rings. The van der Waals surface area contributed by atoms with Gasteiger partial charge in [0.2, 0.25) is 0 Å². The molecule has 0 unspecified atom stereocenters. The van der Waals surface area contributed by atoms with E-state index in [0.717, 1.165) is 6.42 Å². The first-order chi connectivity index (χ1) is 10.4. The van der Waals surface area contributed by atoms with Gasteiger partial charge in [-0.15, -0.1) is 0 Å². The zero-order chi connectivity index (χ0) is 16.6. The molecule has 0 saturated carbocycles. The molecule has 0 heterocycles. The summed E-state index contributed by atoms with van der Waals surface area (Å²) in [5.74, 6) is -1.16. The van der Waals surface area contributed by atoms with E-state index in [1.54, 1.807) is 19.1 Å². The third-order valence-electron chi connectivity index (χ3n) is 3.19. The van der Waals surface area contributed by atoms with Crippen molar-refractivity contribution in [3.63, 3.8) is 0 Å². The Hall–Kier alpha value is -1.89. The molecule has 122 valence electrons. The van der Waals surface area contributed by atoms with Crippen LogP contribution in [-0.2, 0) is 14.6 Å². The summed E-state index contributed by atoms with van der Waals surface area (Å²) in [6.07, 6.45) is 2.11. The van der Waals surface area contributed by atoms with E-state index < -0.39 is 15.8 Å². The highest BCUT2D eigenvalue weighted by atomic mass is 32.2. The van der Waals surface area contributed by atoms with Crippen molar-refractivity contribution in [1.29, 1.82) is 0 Å². The number of hydrogen-bond acceptors (Lipinski definition) is 4. The minimum absolute atomic E-state index is 0.0123. The highest BCUT2D eigenvalue weighted by molar-refractivity contribution is 7.91. The van der Waals surface area contributed by atoms with Gasteiger partial charge in [0.05, 0.1) is 10.6 Å². The Morgan fingerprint density at radius 2 is 1.91 bits per heavy atom. The molecule has 22 heavy (non-hydrogen) atoms. The molecule has 0 aliphatic rings. The third kappa shape index (κ3) is 5.85. The van der Waals surface area contributed by atoms with Crippen molar-refractivity contribution in [2.75, 3.05) is 12.3 Å². The summed E-state index contributed by atoms with van der Waals surface area (Å²) in [6.45, 7) is 1.99. The van der Waals surface area contributed by atoms with Gasteiger partial charge in [-0.25, -0.2) is 8.42 Å². The second-order valence-corrected chi connectivity index (χ2v) is 7.17. The molecule has 0 spiro atoms. The van der Waals surface area contributed by atoms with E-state index in [1.165, 1.54) is 12.1 Å². The molecule has 6 nitrogen and oxygen atoms in total. The number of benzene rings is 1. The van der Waals surface area contributed by atoms with Gasteiger partial charge in [-0.05, 0) is 31.0 Å². The first-order valence-corrected chi connectivity index (χ1v) is 8.85. The van der Waals surface area contributed by atoms with E-state index in [1.807, 2.05) is 0 Å². The van der Waals surface area contributed by atoms with Gasteiger partial charge in [0.1, 0.15) is 0 Å². The zero-order valence-corrected chi connectivity index (χ0v) is 13.4. The number of hydrogen-bond donors (Lipinski definition) is 2. The smallest absolute Gasteiger partial charge is 0.303 e. The number of carboxylic acids is 1. The maximum absolute atomic E-state index is 12.0. The van der Waals surface area contributed by atoms with E-state index in [-0.39, 0.29) is 23.0 Å². The minimum atomic E-state index is -3.33. The number of carbonyl (C=O) groups is 2. The lowest BCUT2D eigenvalue weighted by molar-refractivity contribution is -0.137. The van der Waals surface area contributed by atoms with E-state index in [4.69, 9.17) is 5.11 Å². The SMILES string of the molecule is CCS(=O)(=O)c1cccc(C(=O)NCCCCCC(=O)O)c1. The van der Waals surface area contributed by atoms with Gasteiger partial charge < -0.3 is 10.4 Å². The highest BCUT2D eigenvalue weighted by Crippen LogP contribution is 2.13. The van der Waals surface area contributed by atoms with Crippen molar-refractivity contribution in [1.82, 2.24) is 5.32 Å². The Balaban J connectivity index is 2.49. The highest BCUT2D eigenvalue weighted by Gasteiger charge is 2.14. The maximum atomic E-state index is 12.0. The average molecular weight is 327 g/mol. The van der Waals surface area contributed by atoms with E-state index in [9.17, 15) is 18.0 Å². The van der Waals surface area contributed by atoms with Crippen LogP contribution in [0.15, 0.2) is 29.2 Å². The van der Waals surface area contributed by atoms with Crippen LogP contribution in [0.25, 0.3) is 0 Å². The number of unbranched alkanes of at least 4 members (excludes halogenated alkanes) is 2. The summed E-state index contributed by atoms with van der Waals surface area (Å²) < 4.78 is 23.6. The van der Waals surface area contributed by atoms with Gasteiger partial charge in [-0.3, -0.25) is 9.59 Å². The molecular formula is C15H21NO5S. The maximum Gasteiger partial charge on any atom is 0.303 e. The molecule has 7 heteroatoms. The van der Waals surface area contributed by atoms with Crippen LogP contribution >= 0.6 is 0 Å². The largest absolute Gasteiger partial charge is 0.481 e. The summed E-state index contributed by atoms with van der Waals surface area (Å²) in [6, 6.07) is 5.96. The molecule has 0 aromatic heterocycles. The second-order valence-electron chi connectivity index (χ2n) is 4.89. The van der Waals surface area contributed by atoms with Gasteiger partial charge in [0, 0.05) is 18.5 Å². The summed E-state index contributed by atoms with van der Waals surface area (Å²) >= 11 is 0. The molecule has 0 fully saturated rings. The zero-order valence-electron chi connectivity index (χ0n) is 12.5. The minimum Gasteiger partial charge on any atom is -0.481 e. The van der Waals surface area contributed by atoms with Crippen molar-refractivity contribution < 1.29 is 23.1 Å². The number of sulfone groups is 1. The number of amides is 1. The topological polar surface area (TPSA) is 101 Å². The van der Waals surface area contributed by atoms with Crippen molar-refractivity contribution in [3.8, 4) is 0 Å². The fourth-order valence-electron chi connectivity index (χ4n) is 1.88. The van der Waals surface area contributed by atoms with Crippen molar-refractivity contribution in [2.24, 2.45) is 0 Å². The summed E-state index contributed by atoms with van der Waals surface area (Å²) in [7, 11) is -3.33. The fraction of sp³-hybridized carbons (Fsp3) is 0.467. The lowest BCUT2D eigenvalue weighted by Gasteiger charge is -2.07. The van der Waals surface area contributed by atoms with Gasteiger partial charge in [-0.1, -0.05) is 19.4 Å². The molecule has 1 amide bonds. The Morgan fingerprint density at radius 3 is 2.55 bits per heavy atom. The lowest BCUT2D eigenvalue weighted by Crippen LogP contribution is -2.24. The number of carboxylic acid groups (broad SMARTS) is 1. The predicted octanol–water partition coefficient (Wildman–Crippen LogP) is 1.86. The lowest BCUT2D eigenvalue weighted by atomic mass is 10.2. The van der Waals surface area contributed by atoms with Crippen LogP contribution < -0.4 is 5.32 Å². The first kappa shape index (κ1) is 18.2. The van der Waals surface area contributed by atoms with Crippen LogP contribution in [0, 0.1) is 0 Å².